The number of nitro benzene ring substituents is 1. The van der Waals surface area contributed by atoms with Crippen molar-refractivity contribution in [2.24, 2.45) is 5.73 Å². The van der Waals surface area contributed by atoms with E-state index in [0.717, 1.165) is 22.5 Å². The van der Waals surface area contributed by atoms with E-state index in [-0.39, 0.29) is 6.54 Å². The van der Waals surface area contributed by atoms with E-state index in [0.29, 0.717) is 0 Å². The molecule has 1 aromatic rings. The summed E-state index contributed by atoms with van der Waals surface area (Å²) >= 11 is 0. The molecule has 19 heavy (non-hydrogen) atoms. The fourth-order valence-electron chi connectivity index (χ4n) is 1.43. The minimum absolute atomic E-state index is 0.0119. The molecule has 0 amide bonds. The number of benzene rings is 1. The third kappa shape index (κ3) is 2.88. The molecule has 0 spiro atoms. The number of halogens is 1. The van der Waals surface area contributed by atoms with E-state index >= 15 is 0 Å². The lowest BCUT2D eigenvalue weighted by molar-refractivity contribution is -0.388. The molecule has 0 aliphatic heterocycles. The molecule has 1 rings (SSSR count). The maximum Gasteiger partial charge on any atom is 0.292 e. The Bertz CT molecular complexity index is 590. The first-order chi connectivity index (χ1) is 8.73. The molecule has 7 nitrogen and oxygen atoms in total. The Morgan fingerprint density at radius 1 is 1.53 bits per heavy atom. The molecule has 106 valence electrons. The largest absolute Gasteiger partial charge is 0.329 e. The summed E-state index contributed by atoms with van der Waals surface area (Å²) in [4.78, 5) is 8.94. The highest BCUT2D eigenvalue weighted by molar-refractivity contribution is 7.89. The zero-order valence-corrected chi connectivity index (χ0v) is 11.2. The second-order valence-electron chi connectivity index (χ2n) is 3.95. The lowest BCUT2D eigenvalue weighted by Gasteiger charge is -2.22. The fourth-order valence-corrected chi connectivity index (χ4v) is 3.00. The minimum Gasteiger partial charge on any atom is -0.329 e. The van der Waals surface area contributed by atoms with E-state index in [1.165, 1.54) is 14.0 Å². The van der Waals surface area contributed by atoms with Crippen LogP contribution in [-0.4, -0.2) is 37.3 Å². The van der Waals surface area contributed by atoms with Gasteiger partial charge in [0.25, 0.3) is 15.7 Å². The first-order valence-corrected chi connectivity index (χ1v) is 6.78. The Morgan fingerprint density at radius 3 is 2.58 bits per heavy atom. The van der Waals surface area contributed by atoms with Crippen molar-refractivity contribution in [2.75, 3.05) is 13.6 Å². The Labute approximate surface area is 110 Å². The van der Waals surface area contributed by atoms with Crippen LogP contribution in [0.25, 0.3) is 0 Å². The molecular weight excluding hydrogens is 277 g/mol. The van der Waals surface area contributed by atoms with Gasteiger partial charge < -0.3 is 5.73 Å². The van der Waals surface area contributed by atoms with E-state index < -0.39 is 37.4 Å². The third-order valence-corrected chi connectivity index (χ3v) is 4.78. The monoisotopic (exact) mass is 291 g/mol. The maximum absolute atomic E-state index is 13.7. The third-order valence-electron chi connectivity index (χ3n) is 2.74. The minimum atomic E-state index is -4.32. The van der Waals surface area contributed by atoms with Gasteiger partial charge in [-0.15, -0.1) is 0 Å². The lowest BCUT2D eigenvalue weighted by atomic mass is 10.3. The molecule has 1 unspecified atom stereocenters. The first-order valence-electron chi connectivity index (χ1n) is 5.34. The van der Waals surface area contributed by atoms with Crippen LogP contribution in [0.15, 0.2) is 23.1 Å². The average Bonchev–Trinajstić information content (AvgIpc) is 2.36. The van der Waals surface area contributed by atoms with Crippen LogP contribution < -0.4 is 5.73 Å². The summed E-state index contributed by atoms with van der Waals surface area (Å²) in [5.41, 5.74) is 4.55. The Balaban J connectivity index is 3.49. The molecule has 0 aliphatic rings. The zero-order valence-electron chi connectivity index (χ0n) is 10.4. The van der Waals surface area contributed by atoms with Crippen LogP contribution in [0.1, 0.15) is 6.92 Å². The van der Waals surface area contributed by atoms with Crippen molar-refractivity contribution in [3.8, 4) is 0 Å². The molecule has 0 aromatic heterocycles. The van der Waals surface area contributed by atoms with Crippen molar-refractivity contribution < 1.29 is 17.7 Å². The van der Waals surface area contributed by atoms with Gasteiger partial charge >= 0.3 is 0 Å². The molecule has 0 saturated carbocycles. The van der Waals surface area contributed by atoms with Gasteiger partial charge in [-0.3, -0.25) is 10.1 Å². The van der Waals surface area contributed by atoms with Crippen molar-refractivity contribution in [3.05, 3.63) is 34.1 Å². The molecule has 1 aromatic carbocycles. The molecule has 0 saturated heterocycles. The molecule has 0 aliphatic carbocycles. The molecule has 1 atom stereocenters. The summed E-state index contributed by atoms with van der Waals surface area (Å²) in [7, 11) is -3.12. The summed E-state index contributed by atoms with van der Waals surface area (Å²) in [6, 6.07) is 2.28. The maximum atomic E-state index is 13.7. The second kappa shape index (κ2) is 5.59. The Hall–Kier alpha value is -1.58. The van der Waals surface area contributed by atoms with Gasteiger partial charge in [0.05, 0.1) is 4.92 Å². The molecule has 0 bridgehead atoms. The predicted octanol–water partition coefficient (Wildman–Crippen LogP) is 0.702. The van der Waals surface area contributed by atoms with Crippen molar-refractivity contribution in [1.82, 2.24) is 4.31 Å². The van der Waals surface area contributed by atoms with Crippen LogP contribution in [-0.2, 0) is 10.0 Å². The summed E-state index contributed by atoms with van der Waals surface area (Å²) in [6.07, 6.45) is 0. The van der Waals surface area contributed by atoms with Crippen LogP contribution >= 0.6 is 0 Å². The van der Waals surface area contributed by atoms with Gasteiger partial charge in [0.2, 0.25) is 0 Å². The number of nitrogens with two attached hydrogens (primary N) is 1. The Morgan fingerprint density at radius 2 is 2.11 bits per heavy atom. The number of likely N-dealkylation sites (N-methyl/N-ethyl adjacent to an activating group) is 1. The quantitative estimate of drug-likeness (QED) is 0.635. The highest BCUT2D eigenvalue weighted by atomic mass is 32.2. The van der Waals surface area contributed by atoms with Crippen LogP contribution in [0.5, 0.6) is 0 Å². The number of rotatable bonds is 5. The van der Waals surface area contributed by atoms with Gasteiger partial charge in [0.15, 0.2) is 4.90 Å². The fraction of sp³-hybridized carbons (Fsp3) is 0.400. The van der Waals surface area contributed by atoms with E-state index in [9.17, 15) is 22.9 Å². The van der Waals surface area contributed by atoms with Gasteiger partial charge in [0.1, 0.15) is 5.82 Å². The van der Waals surface area contributed by atoms with Gasteiger partial charge in [-0.05, 0) is 13.0 Å². The predicted molar refractivity (Wildman–Crippen MR) is 66.5 cm³/mol. The molecule has 9 heteroatoms. The van der Waals surface area contributed by atoms with Crippen molar-refractivity contribution in [2.45, 2.75) is 17.9 Å². The number of nitro groups is 1. The number of sulfonamides is 1. The normalized spacial score (nSPS) is 13.5. The first kappa shape index (κ1) is 15.5. The van der Waals surface area contributed by atoms with Crippen molar-refractivity contribution in [3.63, 3.8) is 0 Å². The van der Waals surface area contributed by atoms with Crippen LogP contribution in [0.3, 0.4) is 0 Å². The van der Waals surface area contributed by atoms with E-state index in [1.807, 2.05) is 0 Å². The van der Waals surface area contributed by atoms with Gasteiger partial charge in [0, 0.05) is 25.7 Å². The topological polar surface area (TPSA) is 107 Å². The lowest BCUT2D eigenvalue weighted by Crippen LogP contribution is -2.40. The summed E-state index contributed by atoms with van der Waals surface area (Å²) in [5.74, 6) is -1.16. The molecule has 0 fully saturated rings. The van der Waals surface area contributed by atoms with Gasteiger partial charge in [-0.1, -0.05) is 6.07 Å². The Kier molecular flexibility index (Phi) is 4.56. The van der Waals surface area contributed by atoms with E-state index in [4.69, 9.17) is 5.73 Å². The number of hydrogen-bond donors (Lipinski definition) is 1. The van der Waals surface area contributed by atoms with E-state index in [1.54, 1.807) is 0 Å². The van der Waals surface area contributed by atoms with Gasteiger partial charge in [-0.25, -0.2) is 12.8 Å². The second-order valence-corrected chi connectivity index (χ2v) is 5.89. The van der Waals surface area contributed by atoms with Crippen molar-refractivity contribution in [1.29, 1.82) is 0 Å². The number of nitrogens with zero attached hydrogens (tertiary/aromatic N) is 2. The van der Waals surface area contributed by atoms with Crippen molar-refractivity contribution >= 4 is 15.7 Å². The molecule has 2 N–H and O–H groups in total. The summed E-state index contributed by atoms with van der Waals surface area (Å²) in [6.45, 7) is 1.53. The van der Waals surface area contributed by atoms with Crippen LogP contribution in [0.4, 0.5) is 10.1 Å². The smallest absolute Gasteiger partial charge is 0.292 e. The highest BCUT2D eigenvalue weighted by Gasteiger charge is 2.34. The molecule has 0 radical (unpaired) electrons. The summed E-state index contributed by atoms with van der Waals surface area (Å²) in [5, 5.41) is 10.8. The SMILES string of the molecule is CC(CN)N(C)S(=O)(=O)c1c(F)cccc1[N+](=O)[O-]. The highest BCUT2D eigenvalue weighted by Crippen LogP contribution is 2.29. The number of hydrogen-bond acceptors (Lipinski definition) is 5. The van der Waals surface area contributed by atoms with Crippen LogP contribution in [0.2, 0.25) is 0 Å². The zero-order chi connectivity index (χ0) is 14.8. The molecule has 0 heterocycles. The van der Waals surface area contributed by atoms with E-state index in [2.05, 4.69) is 0 Å². The van der Waals surface area contributed by atoms with Crippen LogP contribution in [0, 0.1) is 15.9 Å². The summed E-state index contributed by atoms with van der Waals surface area (Å²) < 4.78 is 38.9. The standard InChI is InChI=1S/C10H14FN3O4S/c1-7(6-12)13(2)19(17,18)10-8(11)4-3-5-9(10)14(15)16/h3-5,7H,6,12H2,1-2H3. The average molecular weight is 291 g/mol. The molecular formula is C10H14FN3O4S. The van der Waals surface area contributed by atoms with Gasteiger partial charge in [-0.2, -0.15) is 4.31 Å².